The first-order chi connectivity index (χ1) is 19.0. The number of esters is 1. The molecule has 39 heavy (non-hydrogen) atoms. The fraction of sp³-hybridized carbons (Fsp3) is 0.242. The zero-order valence-corrected chi connectivity index (χ0v) is 22.7. The van der Waals surface area contributed by atoms with Crippen LogP contribution in [0, 0.1) is 6.92 Å². The van der Waals surface area contributed by atoms with Gasteiger partial charge in [-0.2, -0.15) is 0 Å². The van der Waals surface area contributed by atoms with Gasteiger partial charge in [0, 0.05) is 53.3 Å². The second kappa shape index (κ2) is 9.70. The molecule has 4 aromatic rings. The molecular formula is C33H32N2O4. The average Bonchev–Trinajstić information content (AvgIpc) is 3.24. The van der Waals surface area contributed by atoms with Gasteiger partial charge in [-0.05, 0) is 63.6 Å². The van der Waals surface area contributed by atoms with Crippen LogP contribution >= 0.6 is 0 Å². The molecule has 1 atom stereocenters. The van der Waals surface area contributed by atoms with Gasteiger partial charge in [-0.15, -0.1) is 0 Å². The molecule has 6 heteroatoms. The van der Waals surface area contributed by atoms with Crippen molar-refractivity contribution >= 4 is 23.0 Å². The highest BCUT2D eigenvalue weighted by Crippen LogP contribution is 2.58. The molecule has 4 aromatic carbocycles. The molecule has 6 nitrogen and oxygen atoms in total. The van der Waals surface area contributed by atoms with Crippen molar-refractivity contribution in [2.24, 2.45) is 0 Å². The highest BCUT2D eigenvalue weighted by molar-refractivity contribution is 5.97. The van der Waals surface area contributed by atoms with Crippen molar-refractivity contribution in [1.82, 2.24) is 0 Å². The summed E-state index contributed by atoms with van der Waals surface area (Å²) in [5.41, 5.74) is 5.68. The third-order valence-electron chi connectivity index (χ3n) is 7.64. The van der Waals surface area contributed by atoms with E-state index >= 15 is 0 Å². The Morgan fingerprint density at radius 3 is 2.33 bits per heavy atom. The standard InChI is InChI=1S/C33H32N2O4/c1-5-35(6-2)22-16-17-25-29(18-22)38-30-20-31(37-7-3)28(34-27-15-11-8-12-21(27)4)19-26(30)33(25)24-14-10-9-13-23(24)32(36)39-33/h8-20,34H,5-7H2,1-4H3. The van der Waals surface area contributed by atoms with E-state index in [0.717, 1.165) is 52.4 Å². The molecule has 1 N–H and O–H groups in total. The summed E-state index contributed by atoms with van der Waals surface area (Å²) in [5, 5.41) is 3.55. The number of nitrogens with one attached hydrogen (secondary N) is 1. The maximum Gasteiger partial charge on any atom is 0.340 e. The number of benzene rings is 4. The summed E-state index contributed by atoms with van der Waals surface area (Å²) < 4.78 is 19.1. The van der Waals surface area contributed by atoms with Crippen molar-refractivity contribution in [1.29, 1.82) is 0 Å². The van der Waals surface area contributed by atoms with Crippen molar-refractivity contribution < 1.29 is 19.0 Å². The summed E-state index contributed by atoms with van der Waals surface area (Å²) in [6.07, 6.45) is 0. The lowest BCUT2D eigenvalue weighted by Gasteiger charge is -2.37. The first-order valence-electron chi connectivity index (χ1n) is 13.5. The minimum atomic E-state index is -1.15. The Morgan fingerprint density at radius 1 is 0.821 bits per heavy atom. The van der Waals surface area contributed by atoms with E-state index in [0.29, 0.717) is 29.4 Å². The lowest BCUT2D eigenvalue weighted by molar-refractivity contribution is 0.0224. The number of hydrogen-bond acceptors (Lipinski definition) is 6. The van der Waals surface area contributed by atoms with Crippen LogP contribution in [0.5, 0.6) is 17.2 Å². The quantitative estimate of drug-likeness (QED) is 0.254. The molecular weight excluding hydrogens is 488 g/mol. The Kier molecular flexibility index (Phi) is 6.18. The second-order valence-corrected chi connectivity index (χ2v) is 9.79. The van der Waals surface area contributed by atoms with Crippen molar-refractivity contribution in [3.63, 3.8) is 0 Å². The Morgan fingerprint density at radius 2 is 1.56 bits per heavy atom. The molecule has 0 saturated carbocycles. The predicted octanol–water partition coefficient (Wildman–Crippen LogP) is 7.55. The van der Waals surface area contributed by atoms with Crippen molar-refractivity contribution in [2.75, 3.05) is 29.9 Å². The lowest BCUT2D eigenvalue weighted by atomic mass is 9.77. The molecule has 2 aliphatic heterocycles. The summed E-state index contributed by atoms with van der Waals surface area (Å²) in [4.78, 5) is 15.6. The highest BCUT2D eigenvalue weighted by atomic mass is 16.6. The van der Waals surface area contributed by atoms with Gasteiger partial charge in [-0.25, -0.2) is 4.79 Å². The monoisotopic (exact) mass is 520 g/mol. The van der Waals surface area contributed by atoms with Crippen LogP contribution in [0.25, 0.3) is 0 Å². The Hall–Kier alpha value is -4.45. The van der Waals surface area contributed by atoms with E-state index in [9.17, 15) is 4.79 Å². The highest BCUT2D eigenvalue weighted by Gasteiger charge is 2.53. The van der Waals surface area contributed by atoms with E-state index in [1.54, 1.807) is 0 Å². The SMILES string of the molecule is CCOc1cc2c(cc1Nc1ccccc1C)C1(OC(=O)c3ccccc31)c1ccc(N(CC)CC)cc1O2. The number of fused-ring (bicyclic) bond motifs is 6. The molecule has 2 aliphatic rings. The van der Waals surface area contributed by atoms with Gasteiger partial charge in [0.2, 0.25) is 0 Å². The average molecular weight is 521 g/mol. The van der Waals surface area contributed by atoms with Crippen LogP contribution in [0.3, 0.4) is 0 Å². The maximum absolute atomic E-state index is 13.3. The number of ether oxygens (including phenoxy) is 3. The van der Waals surface area contributed by atoms with Gasteiger partial charge < -0.3 is 24.4 Å². The topological polar surface area (TPSA) is 60.0 Å². The fourth-order valence-corrected chi connectivity index (χ4v) is 5.70. The second-order valence-electron chi connectivity index (χ2n) is 9.79. The molecule has 6 rings (SSSR count). The van der Waals surface area contributed by atoms with Crippen molar-refractivity contribution in [3.8, 4) is 17.2 Å². The number of rotatable bonds is 7. The first kappa shape index (κ1) is 24.9. The molecule has 0 aromatic heterocycles. The molecule has 1 unspecified atom stereocenters. The summed E-state index contributed by atoms with van der Waals surface area (Å²) >= 11 is 0. The summed E-state index contributed by atoms with van der Waals surface area (Å²) in [7, 11) is 0. The number of carbonyl (C=O) groups is 1. The van der Waals surface area contributed by atoms with E-state index in [4.69, 9.17) is 14.2 Å². The van der Waals surface area contributed by atoms with E-state index in [-0.39, 0.29) is 5.97 Å². The van der Waals surface area contributed by atoms with Gasteiger partial charge in [0.1, 0.15) is 17.2 Å². The number of nitrogens with zero attached hydrogens (tertiary/aromatic N) is 1. The van der Waals surface area contributed by atoms with Crippen molar-refractivity contribution in [3.05, 3.63) is 107 Å². The minimum absolute atomic E-state index is 0.348. The zero-order valence-electron chi connectivity index (χ0n) is 22.7. The Bertz CT molecular complexity index is 1580. The van der Waals surface area contributed by atoms with Gasteiger partial charge in [0.25, 0.3) is 0 Å². The maximum atomic E-state index is 13.3. The smallest absolute Gasteiger partial charge is 0.340 e. The Balaban J connectivity index is 1.60. The summed E-state index contributed by atoms with van der Waals surface area (Å²) in [6, 6.07) is 25.8. The first-order valence-corrected chi connectivity index (χ1v) is 13.5. The normalized spacial score (nSPS) is 16.6. The largest absolute Gasteiger partial charge is 0.492 e. The minimum Gasteiger partial charge on any atom is -0.492 e. The van der Waals surface area contributed by atoms with Gasteiger partial charge in [-0.3, -0.25) is 0 Å². The third-order valence-corrected chi connectivity index (χ3v) is 7.64. The Labute approximate surface area is 229 Å². The van der Waals surface area contributed by atoms with Crippen molar-refractivity contribution in [2.45, 2.75) is 33.3 Å². The van der Waals surface area contributed by atoms with E-state index < -0.39 is 5.60 Å². The number of hydrogen-bond donors (Lipinski definition) is 1. The number of carbonyl (C=O) groups excluding carboxylic acids is 1. The molecule has 0 fully saturated rings. The molecule has 0 saturated heterocycles. The van der Waals surface area contributed by atoms with Crippen LogP contribution in [0.15, 0.2) is 78.9 Å². The van der Waals surface area contributed by atoms with E-state index in [1.807, 2.05) is 73.7 Å². The molecule has 0 aliphatic carbocycles. The van der Waals surface area contributed by atoms with Gasteiger partial charge in [0.15, 0.2) is 5.60 Å². The van der Waals surface area contributed by atoms with Crippen LogP contribution in [0.4, 0.5) is 17.1 Å². The number of anilines is 3. The molecule has 0 amide bonds. The summed E-state index contributed by atoms with van der Waals surface area (Å²) in [6.45, 7) is 10.5. The molecule has 2 heterocycles. The molecule has 1 spiro atoms. The van der Waals surface area contributed by atoms with E-state index in [1.165, 1.54) is 0 Å². The molecule has 198 valence electrons. The summed E-state index contributed by atoms with van der Waals surface area (Å²) in [5.74, 6) is 1.58. The lowest BCUT2D eigenvalue weighted by Crippen LogP contribution is -2.33. The molecule has 0 radical (unpaired) electrons. The van der Waals surface area contributed by atoms with E-state index in [2.05, 4.69) is 43.1 Å². The number of para-hydroxylation sites is 1. The zero-order chi connectivity index (χ0) is 27.1. The van der Waals surface area contributed by atoms with Crippen LogP contribution in [0.2, 0.25) is 0 Å². The van der Waals surface area contributed by atoms with Gasteiger partial charge >= 0.3 is 5.97 Å². The van der Waals surface area contributed by atoms with Gasteiger partial charge in [0.05, 0.1) is 17.9 Å². The molecule has 0 bridgehead atoms. The fourth-order valence-electron chi connectivity index (χ4n) is 5.70. The van der Waals surface area contributed by atoms with Crippen LogP contribution < -0.4 is 19.7 Å². The van der Waals surface area contributed by atoms with Gasteiger partial charge in [-0.1, -0.05) is 36.4 Å². The van der Waals surface area contributed by atoms with Crippen LogP contribution in [-0.4, -0.2) is 25.7 Å². The van der Waals surface area contributed by atoms with Crippen LogP contribution in [0.1, 0.15) is 53.4 Å². The number of aryl methyl sites for hydroxylation is 1. The third kappa shape index (κ3) is 3.90. The van der Waals surface area contributed by atoms with Crippen LogP contribution in [-0.2, 0) is 10.3 Å². The predicted molar refractivity (Wildman–Crippen MR) is 154 cm³/mol.